The quantitative estimate of drug-likeness (QED) is 0.792. The Morgan fingerprint density at radius 3 is 2.13 bits per heavy atom. The SMILES string of the molecule is CC(=O)CS(=O)(=O)c1c(F)cccc1F. The zero-order valence-electron chi connectivity index (χ0n) is 7.83. The maximum Gasteiger partial charge on any atom is 0.191 e. The van der Waals surface area contributed by atoms with Crippen molar-refractivity contribution in [3.8, 4) is 0 Å². The van der Waals surface area contributed by atoms with Gasteiger partial charge in [0.1, 0.15) is 28.1 Å². The van der Waals surface area contributed by atoms with Crippen LogP contribution < -0.4 is 0 Å². The Morgan fingerprint density at radius 2 is 1.73 bits per heavy atom. The average Bonchev–Trinajstić information content (AvgIpc) is 1.99. The van der Waals surface area contributed by atoms with Crippen molar-refractivity contribution >= 4 is 15.6 Å². The predicted molar refractivity (Wildman–Crippen MR) is 49.1 cm³/mol. The van der Waals surface area contributed by atoms with Crippen LogP contribution in [-0.2, 0) is 14.6 Å². The molecule has 0 fully saturated rings. The summed E-state index contributed by atoms with van der Waals surface area (Å²) in [6, 6.07) is 2.71. The summed E-state index contributed by atoms with van der Waals surface area (Å²) in [5.41, 5.74) is 0. The minimum atomic E-state index is -4.22. The number of hydrogen-bond donors (Lipinski definition) is 0. The highest BCUT2D eigenvalue weighted by Crippen LogP contribution is 2.19. The molecule has 1 rings (SSSR count). The second-order valence-corrected chi connectivity index (χ2v) is 4.94. The Labute approximate surface area is 85.6 Å². The van der Waals surface area contributed by atoms with E-state index in [2.05, 4.69) is 0 Å². The number of carbonyl (C=O) groups is 1. The van der Waals surface area contributed by atoms with Crippen molar-refractivity contribution in [2.75, 3.05) is 5.75 Å². The van der Waals surface area contributed by atoms with Gasteiger partial charge in [0.2, 0.25) is 0 Å². The molecule has 0 unspecified atom stereocenters. The van der Waals surface area contributed by atoms with Crippen LogP contribution in [0.3, 0.4) is 0 Å². The van der Waals surface area contributed by atoms with E-state index in [1.54, 1.807) is 0 Å². The van der Waals surface area contributed by atoms with E-state index in [0.29, 0.717) is 0 Å². The van der Waals surface area contributed by atoms with Gasteiger partial charge in [0.15, 0.2) is 9.84 Å². The molecule has 6 heteroatoms. The molecular formula is C9H8F2O3S. The lowest BCUT2D eigenvalue weighted by atomic mass is 10.3. The monoisotopic (exact) mass is 234 g/mol. The van der Waals surface area contributed by atoms with E-state index in [9.17, 15) is 22.0 Å². The molecule has 0 amide bonds. The van der Waals surface area contributed by atoms with Crippen LogP contribution in [-0.4, -0.2) is 20.0 Å². The summed E-state index contributed by atoms with van der Waals surface area (Å²) in [5.74, 6) is -3.93. The summed E-state index contributed by atoms with van der Waals surface area (Å²) in [5, 5.41) is 0. The Kier molecular flexibility index (Phi) is 3.18. The van der Waals surface area contributed by atoms with Gasteiger partial charge in [0.25, 0.3) is 0 Å². The van der Waals surface area contributed by atoms with Gasteiger partial charge in [0, 0.05) is 0 Å². The van der Waals surface area contributed by atoms with Crippen molar-refractivity contribution in [1.82, 2.24) is 0 Å². The van der Waals surface area contributed by atoms with Gasteiger partial charge in [0.05, 0.1) is 0 Å². The van der Waals surface area contributed by atoms with E-state index >= 15 is 0 Å². The molecule has 15 heavy (non-hydrogen) atoms. The summed E-state index contributed by atoms with van der Waals surface area (Å²) in [6.07, 6.45) is 0. The molecule has 0 saturated heterocycles. The van der Waals surface area contributed by atoms with Crippen molar-refractivity contribution in [3.05, 3.63) is 29.8 Å². The first-order valence-electron chi connectivity index (χ1n) is 4.01. The average molecular weight is 234 g/mol. The molecule has 0 aromatic heterocycles. The fourth-order valence-corrected chi connectivity index (χ4v) is 2.53. The maximum atomic E-state index is 13.1. The molecular weight excluding hydrogens is 226 g/mol. The molecule has 82 valence electrons. The molecule has 0 atom stereocenters. The van der Waals surface area contributed by atoms with E-state index in [-0.39, 0.29) is 0 Å². The lowest BCUT2D eigenvalue weighted by molar-refractivity contribution is -0.114. The largest absolute Gasteiger partial charge is 0.299 e. The Balaban J connectivity index is 3.33. The van der Waals surface area contributed by atoms with Gasteiger partial charge in [-0.2, -0.15) is 0 Å². The molecule has 0 saturated carbocycles. The lowest BCUT2D eigenvalue weighted by Gasteiger charge is -2.04. The number of carbonyl (C=O) groups excluding carboxylic acids is 1. The minimum absolute atomic E-state index is 0.669. The maximum absolute atomic E-state index is 13.1. The number of halogens is 2. The van der Waals surface area contributed by atoms with E-state index in [1.807, 2.05) is 0 Å². The fraction of sp³-hybridized carbons (Fsp3) is 0.222. The van der Waals surface area contributed by atoms with Crippen LogP contribution in [0.1, 0.15) is 6.92 Å². The topological polar surface area (TPSA) is 51.2 Å². The number of Topliss-reactive ketones (excluding diaryl/α,β-unsaturated/α-hetero) is 1. The Hall–Kier alpha value is -1.30. The highest BCUT2D eigenvalue weighted by atomic mass is 32.2. The third-order valence-electron chi connectivity index (χ3n) is 1.62. The minimum Gasteiger partial charge on any atom is -0.299 e. The smallest absolute Gasteiger partial charge is 0.191 e. The predicted octanol–water partition coefficient (Wildman–Crippen LogP) is 1.33. The third-order valence-corrected chi connectivity index (χ3v) is 3.42. The van der Waals surface area contributed by atoms with E-state index in [0.717, 1.165) is 25.1 Å². The zero-order valence-corrected chi connectivity index (χ0v) is 8.64. The summed E-state index contributed by atoms with van der Waals surface area (Å²) in [6.45, 7) is 1.04. The van der Waals surface area contributed by atoms with Gasteiger partial charge in [-0.15, -0.1) is 0 Å². The molecule has 0 bridgehead atoms. The van der Waals surface area contributed by atoms with Crippen LogP contribution in [0, 0.1) is 11.6 Å². The molecule has 0 heterocycles. The highest BCUT2D eigenvalue weighted by Gasteiger charge is 2.24. The van der Waals surface area contributed by atoms with Gasteiger partial charge >= 0.3 is 0 Å². The Bertz CT molecular complexity index is 474. The first kappa shape index (κ1) is 11.8. The number of rotatable bonds is 3. The first-order chi connectivity index (χ1) is 6.84. The van der Waals surface area contributed by atoms with Crippen molar-refractivity contribution in [2.24, 2.45) is 0 Å². The lowest BCUT2D eigenvalue weighted by Crippen LogP contribution is -2.16. The summed E-state index contributed by atoms with van der Waals surface area (Å²) in [4.78, 5) is 9.59. The van der Waals surface area contributed by atoms with Crippen LogP contribution >= 0.6 is 0 Å². The van der Waals surface area contributed by atoms with Gasteiger partial charge in [-0.1, -0.05) is 6.07 Å². The summed E-state index contributed by atoms with van der Waals surface area (Å²) < 4.78 is 48.9. The Morgan fingerprint density at radius 1 is 1.27 bits per heavy atom. The second kappa shape index (κ2) is 4.06. The zero-order chi connectivity index (χ0) is 11.6. The van der Waals surface area contributed by atoms with Crippen molar-refractivity contribution in [3.63, 3.8) is 0 Å². The van der Waals surface area contributed by atoms with Gasteiger partial charge in [-0.25, -0.2) is 17.2 Å². The van der Waals surface area contributed by atoms with E-state index < -0.39 is 37.9 Å². The summed E-state index contributed by atoms with van der Waals surface area (Å²) >= 11 is 0. The number of ketones is 1. The summed E-state index contributed by atoms with van der Waals surface area (Å²) in [7, 11) is -4.22. The first-order valence-corrected chi connectivity index (χ1v) is 5.66. The van der Waals surface area contributed by atoms with Crippen LogP contribution in [0.5, 0.6) is 0 Å². The van der Waals surface area contributed by atoms with Gasteiger partial charge in [-0.3, -0.25) is 4.79 Å². The van der Waals surface area contributed by atoms with Crippen LogP contribution in [0.25, 0.3) is 0 Å². The van der Waals surface area contributed by atoms with Crippen molar-refractivity contribution < 1.29 is 22.0 Å². The number of sulfone groups is 1. The van der Waals surface area contributed by atoms with E-state index in [1.165, 1.54) is 0 Å². The fourth-order valence-electron chi connectivity index (χ4n) is 1.12. The highest BCUT2D eigenvalue weighted by molar-refractivity contribution is 7.92. The third kappa shape index (κ3) is 2.59. The van der Waals surface area contributed by atoms with Crippen LogP contribution in [0.2, 0.25) is 0 Å². The standard InChI is InChI=1S/C9H8F2O3S/c1-6(12)5-15(13,14)9-7(10)3-2-4-8(9)11/h2-4H,5H2,1H3. The van der Waals surface area contributed by atoms with Gasteiger partial charge < -0.3 is 0 Å². The number of benzene rings is 1. The second-order valence-electron chi connectivity index (χ2n) is 3.01. The normalized spacial score (nSPS) is 11.4. The van der Waals surface area contributed by atoms with Gasteiger partial charge in [-0.05, 0) is 19.1 Å². The number of hydrogen-bond acceptors (Lipinski definition) is 3. The van der Waals surface area contributed by atoms with E-state index in [4.69, 9.17) is 0 Å². The molecule has 0 N–H and O–H groups in total. The molecule has 3 nitrogen and oxygen atoms in total. The molecule has 1 aromatic carbocycles. The molecule has 0 spiro atoms. The molecule has 0 aliphatic carbocycles. The van der Waals surface area contributed by atoms with Crippen molar-refractivity contribution in [2.45, 2.75) is 11.8 Å². The van der Waals surface area contributed by atoms with Crippen LogP contribution in [0.15, 0.2) is 23.1 Å². The molecule has 0 radical (unpaired) electrons. The molecule has 0 aliphatic rings. The van der Waals surface area contributed by atoms with Crippen LogP contribution in [0.4, 0.5) is 8.78 Å². The van der Waals surface area contributed by atoms with Crippen molar-refractivity contribution in [1.29, 1.82) is 0 Å². The molecule has 0 aliphatic heterocycles. The molecule has 1 aromatic rings.